The number of para-hydroxylation sites is 1. The number of nitriles is 1. The Kier molecular flexibility index (Phi) is 7.71. The number of nitrogens with zero attached hydrogens (tertiary/aromatic N) is 2. The van der Waals surface area contributed by atoms with Crippen molar-refractivity contribution in [3.63, 3.8) is 0 Å². The molecule has 0 unspecified atom stereocenters. The lowest BCUT2D eigenvalue weighted by Crippen LogP contribution is -2.32. The largest absolute Gasteiger partial charge is 0.490 e. The number of ether oxygens (including phenoxy) is 1. The number of carbonyl (C=O) groups is 1. The predicted molar refractivity (Wildman–Crippen MR) is 149 cm³/mol. The zero-order chi connectivity index (χ0) is 26.5. The second kappa shape index (κ2) is 11.1. The fourth-order valence-electron chi connectivity index (χ4n) is 3.79. The monoisotopic (exact) mass is 509 g/mol. The van der Waals surface area contributed by atoms with Crippen LogP contribution >= 0.6 is 11.3 Å². The summed E-state index contributed by atoms with van der Waals surface area (Å²) in [6, 6.07) is 24.2. The molecule has 1 amide bonds. The molecule has 0 bridgehead atoms. The molecule has 0 saturated carbocycles. The van der Waals surface area contributed by atoms with Crippen LogP contribution in [0.3, 0.4) is 0 Å². The Morgan fingerprint density at radius 2 is 1.76 bits per heavy atom. The van der Waals surface area contributed by atoms with Gasteiger partial charge in [0.1, 0.15) is 16.5 Å². The number of carbonyl (C=O) groups excluding carboxylic acids is 1. The van der Waals surface area contributed by atoms with E-state index >= 15 is 0 Å². The van der Waals surface area contributed by atoms with Crippen LogP contribution in [0.2, 0.25) is 0 Å². The molecule has 0 radical (unpaired) electrons. The van der Waals surface area contributed by atoms with Gasteiger partial charge < -0.3 is 10.1 Å². The molecular formula is C30H27N3O3S. The average molecular weight is 510 g/mol. The van der Waals surface area contributed by atoms with Crippen LogP contribution in [0.15, 0.2) is 77.6 Å². The Morgan fingerprint density at radius 1 is 1.03 bits per heavy atom. The smallest absolute Gasteiger partial charge is 0.273 e. The van der Waals surface area contributed by atoms with Gasteiger partial charge in [-0.05, 0) is 69.7 Å². The van der Waals surface area contributed by atoms with Gasteiger partial charge in [-0.3, -0.25) is 14.2 Å². The van der Waals surface area contributed by atoms with E-state index in [0.29, 0.717) is 21.7 Å². The summed E-state index contributed by atoms with van der Waals surface area (Å²) in [5, 5.41) is 12.8. The number of anilines is 1. The van der Waals surface area contributed by atoms with Crippen LogP contribution in [0.5, 0.6) is 5.75 Å². The summed E-state index contributed by atoms with van der Waals surface area (Å²) in [5.41, 5.74) is 3.43. The lowest BCUT2D eigenvalue weighted by atomic mass is 10.2. The van der Waals surface area contributed by atoms with E-state index in [1.54, 1.807) is 24.3 Å². The van der Waals surface area contributed by atoms with Crippen molar-refractivity contribution in [2.24, 2.45) is 0 Å². The Morgan fingerprint density at radius 3 is 2.43 bits per heavy atom. The first kappa shape index (κ1) is 25.7. The van der Waals surface area contributed by atoms with Crippen LogP contribution in [0.25, 0.3) is 17.3 Å². The van der Waals surface area contributed by atoms with E-state index in [1.807, 2.05) is 88.4 Å². The second-order valence-electron chi connectivity index (χ2n) is 8.91. The molecule has 0 atom stereocenters. The van der Waals surface area contributed by atoms with Crippen molar-refractivity contribution in [2.75, 3.05) is 5.32 Å². The van der Waals surface area contributed by atoms with Crippen LogP contribution in [0.1, 0.15) is 30.5 Å². The normalized spacial score (nSPS) is 12.3. The van der Waals surface area contributed by atoms with E-state index in [1.165, 1.54) is 4.57 Å². The number of rotatable bonds is 6. The first-order valence-corrected chi connectivity index (χ1v) is 12.7. The summed E-state index contributed by atoms with van der Waals surface area (Å²) < 4.78 is 7.99. The predicted octanol–water partition coefficient (Wildman–Crippen LogP) is 4.44. The minimum Gasteiger partial charge on any atom is -0.490 e. The summed E-state index contributed by atoms with van der Waals surface area (Å²) in [7, 11) is 0. The van der Waals surface area contributed by atoms with Crippen molar-refractivity contribution >= 4 is 34.6 Å². The van der Waals surface area contributed by atoms with Crippen LogP contribution in [-0.2, 0) is 4.79 Å². The van der Waals surface area contributed by atoms with Gasteiger partial charge in [0.2, 0.25) is 0 Å². The lowest BCUT2D eigenvalue weighted by Gasteiger charge is -2.11. The average Bonchev–Trinajstić information content (AvgIpc) is 3.16. The summed E-state index contributed by atoms with van der Waals surface area (Å²) >= 11 is 1.10. The van der Waals surface area contributed by atoms with Gasteiger partial charge in [-0.25, -0.2) is 0 Å². The second-order valence-corrected chi connectivity index (χ2v) is 9.94. The number of aryl methyl sites for hydroxylation is 2. The SMILES string of the molecule is Cc1ccc(-n2c(=O)/c(=C\c3ccccc3OC(C)C)s/c2=C(/C#N)C(=O)Nc2cccc(C)c2)cc1. The van der Waals surface area contributed by atoms with Crippen LogP contribution in [-0.4, -0.2) is 16.6 Å². The van der Waals surface area contributed by atoms with Gasteiger partial charge in [0, 0.05) is 11.3 Å². The Hall–Kier alpha value is -4.41. The molecule has 1 aromatic heterocycles. The van der Waals surface area contributed by atoms with E-state index in [0.717, 1.165) is 28.0 Å². The minimum atomic E-state index is -0.578. The van der Waals surface area contributed by atoms with Gasteiger partial charge in [-0.2, -0.15) is 5.26 Å². The molecule has 186 valence electrons. The highest BCUT2D eigenvalue weighted by Gasteiger charge is 2.18. The molecule has 4 aromatic rings. The molecule has 37 heavy (non-hydrogen) atoms. The molecule has 0 aliphatic carbocycles. The summed E-state index contributed by atoms with van der Waals surface area (Å²) in [4.78, 5) is 26.9. The molecule has 0 spiro atoms. The fourth-order valence-corrected chi connectivity index (χ4v) is 4.89. The number of benzene rings is 3. The van der Waals surface area contributed by atoms with Crippen LogP contribution in [0, 0.1) is 25.2 Å². The number of thiazole rings is 1. The first-order valence-electron chi connectivity index (χ1n) is 11.9. The van der Waals surface area contributed by atoms with Gasteiger partial charge in [0.15, 0.2) is 5.57 Å². The van der Waals surface area contributed by atoms with Crippen molar-refractivity contribution in [2.45, 2.75) is 33.8 Å². The summed E-state index contributed by atoms with van der Waals surface area (Å²) in [6.45, 7) is 7.74. The first-order chi connectivity index (χ1) is 17.8. The molecule has 7 heteroatoms. The Balaban J connectivity index is 1.96. The number of hydrogen-bond donors (Lipinski definition) is 1. The third kappa shape index (κ3) is 5.88. The van der Waals surface area contributed by atoms with Crippen LogP contribution in [0.4, 0.5) is 5.69 Å². The zero-order valence-corrected chi connectivity index (χ0v) is 21.9. The lowest BCUT2D eigenvalue weighted by molar-refractivity contribution is -0.111. The van der Waals surface area contributed by atoms with Gasteiger partial charge in [-0.1, -0.05) is 48.0 Å². The molecule has 0 aliphatic heterocycles. The standard InChI is InChI=1S/C30H27N3O3S/c1-19(2)36-26-11-6-5-9-22(26)17-27-29(35)33(24-14-12-20(3)13-15-24)30(37-27)25(18-31)28(34)32-23-10-7-8-21(4)16-23/h5-17,19H,1-4H3,(H,32,34)/b27-17+,30-25-. The van der Waals surface area contributed by atoms with Crippen LogP contribution < -0.4 is 24.8 Å². The molecule has 1 N–H and O–H groups in total. The molecule has 1 heterocycles. The summed E-state index contributed by atoms with van der Waals surface area (Å²) in [6.07, 6.45) is 1.70. The maximum Gasteiger partial charge on any atom is 0.273 e. The highest BCUT2D eigenvalue weighted by atomic mass is 32.1. The van der Waals surface area contributed by atoms with E-state index < -0.39 is 5.91 Å². The van der Waals surface area contributed by atoms with Gasteiger partial charge in [-0.15, -0.1) is 11.3 Å². The highest BCUT2D eigenvalue weighted by Crippen LogP contribution is 2.20. The van der Waals surface area contributed by atoms with Crippen molar-refractivity contribution < 1.29 is 9.53 Å². The molecule has 6 nitrogen and oxygen atoms in total. The maximum atomic E-state index is 13.7. The third-order valence-electron chi connectivity index (χ3n) is 5.51. The topological polar surface area (TPSA) is 84.1 Å². The zero-order valence-electron chi connectivity index (χ0n) is 21.1. The van der Waals surface area contributed by atoms with Gasteiger partial charge in [0.05, 0.1) is 16.3 Å². The number of nitrogens with one attached hydrogen (secondary N) is 1. The summed E-state index contributed by atoms with van der Waals surface area (Å²) in [5.74, 6) is 0.0701. The van der Waals surface area contributed by atoms with Crippen molar-refractivity contribution in [1.82, 2.24) is 4.57 Å². The number of aromatic nitrogens is 1. The van der Waals surface area contributed by atoms with Crippen molar-refractivity contribution in [3.05, 3.63) is 109 Å². The fraction of sp³-hybridized carbons (Fsp3) is 0.167. The van der Waals surface area contributed by atoms with E-state index in [-0.39, 0.29) is 21.9 Å². The molecule has 0 saturated heterocycles. The van der Waals surface area contributed by atoms with E-state index in [9.17, 15) is 14.9 Å². The molecule has 3 aromatic carbocycles. The van der Waals surface area contributed by atoms with E-state index in [2.05, 4.69) is 5.32 Å². The molecule has 0 fully saturated rings. The van der Waals surface area contributed by atoms with Gasteiger partial charge >= 0.3 is 0 Å². The number of amides is 1. The third-order valence-corrected chi connectivity index (χ3v) is 6.61. The Bertz CT molecular complexity index is 1670. The van der Waals surface area contributed by atoms with E-state index in [4.69, 9.17) is 4.74 Å². The Labute approximate surface area is 219 Å². The maximum absolute atomic E-state index is 13.7. The van der Waals surface area contributed by atoms with Gasteiger partial charge in [0.25, 0.3) is 11.5 Å². The minimum absolute atomic E-state index is 0.0403. The highest BCUT2D eigenvalue weighted by molar-refractivity contribution is 7.07. The number of hydrogen-bond acceptors (Lipinski definition) is 5. The van der Waals surface area contributed by atoms with Crippen molar-refractivity contribution in [1.29, 1.82) is 5.26 Å². The molecular weight excluding hydrogens is 482 g/mol. The van der Waals surface area contributed by atoms with Crippen molar-refractivity contribution in [3.8, 4) is 17.5 Å². The molecule has 0 aliphatic rings. The molecule has 4 rings (SSSR count). The quantitative estimate of drug-likeness (QED) is 0.416.